The van der Waals surface area contributed by atoms with Crippen LogP contribution in [0.5, 0.6) is 0 Å². The minimum absolute atomic E-state index is 0.0492. The Balaban J connectivity index is 1.02. The van der Waals surface area contributed by atoms with Crippen LogP contribution in [0.15, 0.2) is 58.4 Å². The second-order valence-electron chi connectivity index (χ2n) is 25.6. The zero-order chi connectivity index (χ0) is 60.4. The number of Topliss-reactive ketones (excluding diaryl/α,β-unsaturated/α-hetero) is 1. The van der Waals surface area contributed by atoms with E-state index in [9.17, 15) is 39.6 Å². The summed E-state index contributed by atoms with van der Waals surface area (Å²) in [6.07, 6.45) is -1.57. The molecule has 22 nitrogen and oxygen atoms in total. The first-order valence-electron chi connectivity index (χ1n) is 29.6. The van der Waals surface area contributed by atoms with Crippen molar-refractivity contribution in [2.24, 2.45) is 46.7 Å². The van der Waals surface area contributed by atoms with Crippen LogP contribution >= 0.6 is 0 Å². The highest BCUT2D eigenvalue weighted by Crippen LogP contribution is 2.61. The van der Waals surface area contributed by atoms with E-state index in [1.54, 1.807) is 40.7 Å². The molecule has 9 aliphatic rings. The van der Waals surface area contributed by atoms with Crippen LogP contribution in [0.4, 0.5) is 4.79 Å². The summed E-state index contributed by atoms with van der Waals surface area (Å²) in [5.41, 5.74) is 3.20. The Morgan fingerprint density at radius 1 is 0.783 bits per heavy atom. The molecule has 22 heteroatoms. The second-order valence-corrected chi connectivity index (χ2v) is 25.6. The van der Waals surface area contributed by atoms with Gasteiger partial charge in [0.1, 0.15) is 29.8 Å². The molecule has 5 saturated heterocycles. The number of ether oxygens (including phenoxy) is 11. The van der Waals surface area contributed by atoms with Crippen LogP contribution in [0, 0.1) is 40.9 Å². The molecule has 0 aromatic heterocycles. The largest absolute Gasteiger partial charge is 0.511 e. The van der Waals surface area contributed by atoms with Crippen LogP contribution < -0.4 is 11.1 Å². The Hall–Kier alpha value is -4.43. The first-order chi connectivity index (χ1) is 39.1. The smallest absolute Gasteiger partial charge is 0.407 e. The van der Waals surface area contributed by atoms with Gasteiger partial charge in [-0.2, -0.15) is 0 Å². The molecule has 4 aliphatic carbocycles. The summed E-state index contributed by atoms with van der Waals surface area (Å²) < 4.78 is 69.0. The Kier molecular flexibility index (Phi) is 18.8. The van der Waals surface area contributed by atoms with Crippen molar-refractivity contribution in [3.63, 3.8) is 0 Å². The van der Waals surface area contributed by atoms with Crippen molar-refractivity contribution >= 4 is 30.1 Å². The first kappa shape index (κ1) is 63.1. The fraction of sp³-hybridized carbons (Fsp3) is 0.754. The predicted octanol–water partition coefficient (Wildman–Crippen LogP) is 5.13. The molecule has 83 heavy (non-hydrogen) atoms. The highest BCUT2D eigenvalue weighted by atomic mass is 16.7. The molecule has 0 radical (unpaired) electrons. The number of nitrogens with two attached hydrogens (primary N) is 1. The number of aliphatic hydroxyl groups is 4. The molecule has 5 heterocycles. The van der Waals surface area contributed by atoms with Gasteiger partial charge in [0, 0.05) is 61.8 Å². The number of nitrogens with one attached hydrogen (secondary N) is 1. The molecule has 1 saturated carbocycles. The zero-order valence-electron chi connectivity index (χ0n) is 49.8. The third-order valence-corrected chi connectivity index (χ3v) is 19.5. The van der Waals surface area contributed by atoms with Gasteiger partial charge in [0.2, 0.25) is 5.78 Å². The maximum Gasteiger partial charge on any atom is 0.407 e. The van der Waals surface area contributed by atoms with E-state index < -0.39 is 180 Å². The van der Waals surface area contributed by atoms with Crippen molar-refractivity contribution in [2.75, 3.05) is 7.11 Å². The average molecular weight is 1170 g/mol. The number of hydrogen-bond donors (Lipinski definition) is 6. The van der Waals surface area contributed by atoms with Gasteiger partial charge >= 0.3 is 18.0 Å². The van der Waals surface area contributed by atoms with Crippen LogP contribution in [0.1, 0.15) is 128 Å². The van der Waals surface area contributed by atoms with Gasteiger partial charge in [0.25, 0.3) is 0 Å². The van der Waals surface area contributed by atoms with Crippen molar-refractivity contribution in [2.45, 2.75) is 243 Å². The number of allylic oxidation sites excluding steroid dienone is 3. The van der Waals surface area contributed by atoms with E-state index in [4.69, 9.17) is 57.8 Å². The molecule has 1 amide bonds. The lowest BCUT2D eigenvalue weighted by Crippen LogP contribution is -2.66. The number of fused-ring (bicyclic) bond motifs is 4. The molecule has 0 aromatic rings. The van der Waals surface area contributed by atoms with E-state index in [2.05, 4.69) is 25.2 Å². The van der Waals surface area contributed by atoms with Crippen LogP contribution in [0.3, 0.4) is 0 Å². The summed E-state index contributed by atoms with van der Waals surface area (Å²) in [4.78, 5) is 67.6. The summed E-state index contributed by atoms with van der Waals surface area (Å²) >= 11 is 0. The van der Waals surface area contributed by atoms with Gasteiger partial charge in [-0.25, -0.2) is 9.59 Å². The molecule has 0 unspecified atom stereocenters. The van der Waals surface area contributed by atoms with Gasteiger partial charge in [0.05, 0.1) is 74.0 Å². The molecule has 2 bridgehead atoms. The molecule has 462 valence electrons. The lowest BCUT2D eigenvalue weighted by molar-refractivity contribution is -0.323. The van der Waals surface area contributed by atoms with Crippen molar-refractivity contribution in [1.82, 2.24) is 5.32 Å². The van der Waals surface area contributed by atoms with Gasteiger partial charge < -0.3 is 83.6 Å². The maximum atomic E-state index is 15.5. The fourth-order valence-corrected chi connectivity index (χ4v) is 15.4. The van der Waals surface area contributed by atoms with Crippen LogP contribution in [0.2, 0.25) is 0 Å². The molecular weight excluding hydrogens is 1080 g/mol. The Labute approximate surface area is 485 Å². The number of aldehydes is 1. The third kappa shape index (κ3) is 12.3. The van der Waals surface area contributed by atoms with E-state index in [0.717, 1.165) is 5.57 Å². The highest BCUT2D eigenvalue weighted by molar-refractivity contribution is 6.26. The van der Waals surface area contributed by atoms with E-state index in [-0.39, 0.29) is 49.5 Å². The summed E-state index contributed by atoms with van der Waals surface area (Å²) in [7, 11) is 1.26. The quantitative estimate of drug-likeness (QED) is 0.0513. The minimum Gasteiger partial charge on any atom is -0.511 e. The molecule has 9 rings (SSSR count). The predicted molar refractivity (Wildman–Crippen MR) is 294 cm³/mol. The van der Waals surface area contributed by atoms with Gasteiger partial charge in [-0.3, -0.25) is 14.4 Å². The lowest BCUT2D eigenvalue weighted by Gasteiger charge is -2.56. The summed E-state index contributed by atoms with van der Waals surface area (Å²) in [6.45, 7) is 20.0. The molecular formula is C61H88N2O20. The van der Waals surface area contributed by atoms with E-state index in [1.165, 1.54) is 20.1 Å². The molecule has 1 spiro atoms. The maximum absolute atomic E-state index is 15.5. The molecule has 7 N–H and O–H groups in total. The number of hydrogen-bond acceptors (Lipinski definition) is 21. The fourth-order valence-electron chi connectivity index (χ4n) is 15.4. The highest BCUT2D eigenvalue weighted by Gasteiger charge is 2.65. The molecule has 5 aliphatic heterocycles. The van der Waals surface area contributed by atoms with E-state index >= 15 is 4.79 Å². The Morgan fingerprint density at radius 2 is 1.46 bits per heavy atom. The lowest BCUT2D eigenvalue weighted by atomic mass is 9.49. The number of carbonyl (C=O) groups excluding carboxylic acids is 5. The van der Waals surface area contributed by atoms with Gasteiger partial charge in [0.15, 0.2) is 36.9 Å². The summed E-state index contributed by atoms with van der Waals surface area (Å²) in [6, 6.07) is -0.633. The van der Waals surface area contributed by atoms with Gasteiger partial charge in [-0.1, -0.05) is 50.6 Å². The standard InChI is InChI=1S/C61H88N2O20/c1-27-13-16-42(79-48-25-59(10,62)54(34(8)77-48)63-58(72)73-12)28(2)20-39-40(66)21-36(26-64)24-61(39)56(70)49(57(71)83-61)55(69)60(11)38(27)15-14-37-50(60)29(3)19-30(4)52(37)82-47-23-44(53(33(7)76-47)78-35(9)65)81-45-18-17-43(31(5)74-45)80-46-22-41(67)51(68)32(6)75-46/h13-15,20-21,26,29-34,37-48,50-54,66-69H,16-19,22-25,62H2,1-12H3,(H,63,72)/b27-13+,28-20+,55-49+/t29-,30-,31-,32-,33-,34+,37-,38-,39+,40-,41+,42-,43+,44+,45-,46+,47-,48-,50+,51-,52-,53-,54-,59-,60+,61-/m0/s1. The zero-order valence-corrected chi connectivity index (χ0v) is 49.8. The van der Waals surface area contributed by atoms with Crippen LogP contribution in [-0.2, 0) is 71.3 Å². The normalized spacial score (nSPS) is 48.8. The SMILES string of the molecule is COC(=O)N[C@H]1[C@@H](C)O[C@@H](O[C@H]2C/C=C(\C)[C@@H]3C=C[C@@H]4[C@@H](O[C@H]5C[C@@H](O[C@H]6CC[C@@H](O[C@@H]7C[C@@H](O)[C@@H](O)[C@H](C)O7)[C@H](C)O6)[C@@H](OC(C)=O)[C@H](C)O5)[C@@H](C)C[C@H](C)[C@H]4[C@]3(C)/C(O)=C3\C(=O)O[C@]4(CC(C=O)=C[C@H](O)[C@H]4/C=C/2C)C3=O)C[C@]1(C)N. The van der Waals surface area contributed by atoms with Crippen molar-refractivity contribution in [3.8, 4) is 0 Å². The number of rotatable bonds is 11. The van der Waals surface area contributed by atoms with Crippen molar-refractivity contribution in [3.05, 3.63) is 58.4 Å². The monoisotopic (exact) mass is 1170 g/mol. The number of methoxy groups -OCH3 is 1. The molecule has 0 aromatic carbocycles. The van der Waals surface area contributed by atoms with Crippen LogP contribution in [-0.4, -0.2) is 173 Å². The first-order valence-corrected chi connectivity index (χ1v) is 29.6. The molecule has 26 atom stereocenters. The summed E-state index contributed by atoms with van der Waals surface area (Å²) in [5.74, 6) is -5.89. The van der Waals surface area contributed by atoms with Gasteiger partial charge in [-0.05, 0) is 103 Å². The van der Waals surface area contributed by atoms with Gasteiger partial charge in [-0.15, -0.1) is 0 Å². The average Bonchev–Trinajstić information content (AvgIpc) is 1.88. The summed E-state index contributed by atoms with van der Waals surface area (Å²) in [5, 5.41) is 48.5. The number of carbonyl (C=O) groups is 5. The third-order valence-electron chi connectivity index (χ3n) is 19.5. The van der Waals surface area contributed by atoms with E-state index in [0.29, 0.717) is 31.1 Å². The Bertz CT molecular complexity index is 2610. The minimum atomic E-state index is -2.12. The van der Waals surface area contributed by atoms with Crippen molar-refractivity contribution in [1.29, 1.82) is 0 Å². The Morgan fingerprint density at radius 3 is 2.12 bits per heavy atom. The molecule has 6 fully saturated rings. The van der Waals surface area contributed by atoms with E-state index in [1.807, 2.05) is 32.9 Å². The number of ketones is 1. The number of amides is 1. The van der Waals surface area contributed by atoms with Crippen LogP contribution in [0.25, 0.3) is 0 Å². The van der Waals surface area contributed by atoms with Crippen molar-refractivity contribution < 1.29 is 96.5 Å². The number of esters is 2. The topological polar surface area (TPSA) is 306 Å². The second kappa shape index (κ2) is 24.7. The number of alkyl carbamates (subject to hydrolysis) is 1. The number of aliphatic hydroxyl groups excluding tert-OH is 4.